The number of amides is 1. The Labute approximate surface area is 141 Å². The summed E-state index contributed by atoms with van der Waals surface area (Å²) < 4.78 is 0. The first kappa shape index (κ1) is 21.9. The molecule has 0 aliphatic rings. The highest BCUT2D eigenvalue weighted by atomic mass is 16.3. The van der Waals surface area contributed by atoms with Crippen LogP contribution in [0.25, 0.3) is 0 Å². The standard InChI is InChI=1S/C19H35NO3/c1-3-4-5-6-7-8-9-10-11-12-13-14-15-19(23)18(16-21)20-17(2)22/h10-11,14-15,18-19,21,23H,3-9,12-13,16H2,1-2H3,(H,20,22)/b11-10+,15-14+. The molecule has 4 heteroatoms. The monoisotopic (exact) mass is 325 g/mol. The molecule has 0 fully saturated rings. The van der Waals surface area contributed by atoms with Gasteiger partial charge in [-0.2, -0.15) is 0 Å². The van der Waals surface area contributed by atoms with Crippen molar-refractivity contribution in [1.82, 2.24) is 5.32 Å². The number of rotatable bonds is 14. The highest BCUT2D eigenvalue weighted by molar-refractivity contribution is 5.73. The van der Waals surface area contributed by atoms with Gasteiger partial charge in [0, 0.05) is 6.92 Å². The van der Waals surface area contributed by atoms with E-state index in [0.717, 1.165) is 19.3 Å². The largest absolute Gasteiger partial charge is 0.394 e. The lowest BCUT2D eigenvalue weighted by Gasteiger charge is -2.18. The van der Waals surface area contributed by atoms with Gasteiger partial charge in [-0.3, -0.25) is 4.79 Å². The van der Waals surface area contributed by atoms with E-state index in [1.165, 1.54) is 45.4 Å². The van der Waals surface area contributed by atoms with Crippen LogP contribution in [0.15, 0.2) is 24.3 Å². The molecule has 0 rings (SSSR count). The molecule has 0 radical (unpaired) electrons. The van der Waals surface area contributed by atoms with Crippen molar-refractivity contribution in [3.8, 4) is 0 Å². The van der Waals surface area contributed by atoms with E-state index in [4.69, 9.17) is 5.11 Å². The molecule has 0 heterocycles. The molecule has 2 atom stereocenters. The molecule has 2 unspecified atom stereocenters. The number of aliphatic hydroxyl groups excluding tert-OH is 2. The van der Waals surface area contributed by atoms with Gasteiger partial charge in [-0.05, 0) is 25.7 Å². The van der Waals surface area contributed by atoms with Crippen LogP contribution in [0.3, 0.4) is 0 Å². The lowest BCUT2D eigenvalue weighted by Crippen LogP contribution is -2.44. The third-order valence-corrected chi connectivity index (χ3v) is 3.72. The van der Waals surface area contributed by atoms with E-state index in [0.29, 0.717) is 0 Å². The minimum absolute atomic E-state index is 0.255. The highest BCUT2D eigenvalue weighted by Gasteiger charge is 2.15. The fourth-order valence-corrected chi connectivity index (χ4v) is 2.34. The average molecular weight is 325 g/mol. The van der Waals surface area contributed by atoms with E-state index in [-0.39, 0.29) is 12.5 Å². The number of aliphatic hydroxyl groups is 2. The molecular formula is C19H35NO3. The third kappa shape index (κ3) is 14.2. The van der Waals surface area contributed by atoms with Crippen molar-refractivity contribution in [1.29, 1.82) is 0 Å². The third-order valence-electron chi connectivity index (χ3n) is 3.72. The van der Waals surface area contributed by atoms with Crippen LogP contribution in [0.5, 0.6) is 0 Å². The normalized spacial score (nSPS) is 14.4. The van der Waals surface area contributed by atoms with E-state index in [1.54, 1.807) is 6.08 Å². The molecule has 0 aliphatic heterocycles. The van der Waals surface area contributed by atoms with Crippen LogP contribution >= 0.6 is 0 Å². The van der Waals surface area contributed by atoms with Gasteiger partial charge in [0.2, 0.25) is 5.91 Å². The first-order valence-corrected chi connectivity index (χ1v) is 8.99. The Morgan fingerprint density at radius 3 is 2.26 bits per heavy atom. The molecule has 0 spiro atoms. The fourth-order valence-electron chi connectivity index (χ4n) is 2.34. The summed E-state index contributed by atoms with van der Waals surface area (Å²) in [5.74, 6) is -0.255. The van der Waals surface area contributed by atoms with Crippen molar-refractivity contribution in [2.45, 2.75) is 83.8 Å². The van der Waals surface area contributed by atoms with Gasteiger partial charge < -0.3 is 15.5 Å². The van der Waals surface area contributed by atoms with Crippen LogP contribution in [0.2, 0.25) is 0 Å². The van der Waals surface area contributed by atoms with Gasteiger partial charge in [0.25, 0.3) is 0 Å². The summed E-state index contributed by atoms with van der Waals surface area (Å²) in [4.78, 5) is 10.9. The van der Waals surface area contributed by atoms with Crippen molar-refractivity contribution in [2.24, 2.45) is 0 Å². The van der Waals surface area contributed by atoms with E-state index in [9.17, 15) is 9.90 Å². The summed E-state index contributed by atoms with van der Waals surface area (Å²) in [6.45, 7) is 3.33. The molecular weight excluding hydrogens is 290 g/mol. The molecule has 0 aromatic heterocycles. The quantitative estimate of drug-likeness (QED) is 0.338. The Balaban J connectivity index is 3.65. The molecule has 0 aliphatic carbocycles. The first-order chi connectivity index (χ1) is 11.1. The first-order valence-electron chi connectivity index (χ1n) is 8.99. The lowest BCUT2D eigenvalue weighted by molar-refractivity contribution is -0.120. The average Bonchev–Trinajstić information content (AvgIpc) is 2.53. The minimum atomic E-state index is -0.851. The van der Waals surface area contributed by atoms with Gasteiger partial charge in [-0.25, -0.2) is 0 Å². The second-order valence-corrected chi connectivity index (χ2v) is 6.01. The summed E-state index contributed by atoms with van der Waals surface area (Å²) >= 11 is 0. The summed E-state index contributed by atoms with van der Waals surface area (Å²) in [5.41, 5.74) is 0. The molecule has 4 nitrogen and oxygen atoms in total. The Bertz CT molecular complexity index is 340. The van der Waals surface area contributed by atoms with E-state index < -0.39 is 12.1 Å². The molecule has 0 saturated heterocycles. The maximum absolute atomic E-state index is 10.9. The van der Waals surface area contributed by atoms with Crippen LogP contribution in [0, 0.1) is 0 Å². The van der Waals surface area contributed by atoms with Crippen molar-refractivity contribution < 1.29 is 15.0 Å². The Morgan fingerprint density at radius 1 is 1.00 bits per heavy atom. The van der Waals surface area contributed by atoms with Crippen molar-refractivity contribution in [2.75, 3.05) is 6.61 Å². The maximum atomic E-state index is 10.9. The summed E-state index contributed by atoms with van der Waals surface area (Å²) in [6.07, 6.45) is 18.0. The Morgan fingerprint density at radius 2 is 1.61 bits per heavy atom. The van der Waals surface area contributed by atoms with E-state index in [2.05, 4.69) is 24.4 Å². The smallest absolute Gasteiger partial charge is 0.217 e. The highest BCUT2D eigenvalue weighted by Crippen LogP contribution is 2.07. The summed E-state index contributed by atoms with van der Waals surface area (Å²) in [5, 5.41) is 21.5. The van der Waals surface area contributed by atoms with Crippen LogP contribution in [0.1, 0.15) is 71.6 Å². The van der Waals surface area contributed by atoms with Gasteiger partial charge >= 0.3 is 0 Å². The minimum Gasteiger partial charge on any atom is -0.394 e. The molecule has 0 saturated carbocycles. The second-order valence-electron chi connectivity index (χ2n) is 6.01. The number of hydrogen-bond donors (Lipinski definition) is 3. The van der Waals surface area contributed by atoms with Gasteiger partial charge in [0.15, 0.2) is 0 Å². The molecule has 1 amide bonds. The van der Waals surface area contributed by atoms with Gasteiger partial charge in [-0.15, -0.1) is 0 Å². The Hall–Kier alpha value is -1.13. The van der Waals surface area contributed by atoms with Crippen molar-refractivity contribution >= 4 is 5.91 Å². The predicted octanol–water partition coefficient (Wildman–Crippen LogP) is 3.49. The number of allylic oxidation sites excluding steroid dienone is 3. The second kappa shape index (κ2) is 15.8. The molecule has 0 aromatic rings. The number of nitrogens with one attached hydrogen (secondary N) is 1. The summed E-state index contributed by atoms with van der Waals surface area (Å²) in [6, 6.07) is -0.632. The van der Waals surface area contributed by atoms with Crippen molar-refractivity contribution in [3.05, 3.63) is 24.3 Å². The molecule has 23 heavy (non-hydrogen) atoms. The fraction of sp³-hybridized carbons (Fsp3) is 0.737. The lowest BCUT2D eigenvalue weighted by atomic mass is 10.1. The van der Waals surface area contributed by atoms with Crippen LogP contribution < -0.4 is 5.32 Å². The summed E-state index contributed by atoms with van der Waals surface area (Å²) in [7, 11) is 0. The molecule has 0 aromatic carbocycles. The van der Waals surface area contributed by atoms with Crippen LogP contribution in [-0.4, -0.2) is 34.9 Å². The zero-order valence-electron chi connectivity index (χ0n) is 14.8. The van der Waals surface area contributed by atoms with Crippen molar-refractivity contribution in [3.63, 3.8) is 0 Å². The maximum Gasteiger partial charge on any atom is 0.217 e. The van der Waals surface area contributed by atoms with Gasteiger partial charge in [0.05, 0.1) is 18.8 Å². The topological polar surface area (TPSA) is 69.6 Å². The predicted molar refractivity (Wildman–Crippen MR) is 96.2 cm³/mol. The zero-order valence-corrected chi connectivity index (χ0v) is 14.8. The molecule has 0 bridgehead atoms. The van der Waals surface area contributed by atoms with E-state index in [1.807, 2.05) is 6.08 Å². The molecule has 3 N–H and O–H groups in total. The SMILES string of the molecule is CCCCCCCC/C=C/CC/C=C/C(O)C(CO)NC(C)=O. The zero-order chi connectivity index (χ0) is 17.3. The number of unbranched alkanes of at least 4 members (excludes halogenated alkanes) is 7. The number of hydrogen-bond acceptors (Lipinski definition) is 3. The van der Waals surface area contributed by atoms with Gasteiger partial charge in [0.1, 0.15) is 0 Å². The van der Waals surface area contributed by atoms with Crippen LogP contribution in [0.4, 0.5) is 0 Å². The van der Waals surface area contributed by atoms with Crippen LogP contribution in [-0.2, 0) is 4.79 Å². The Kier molecular flexibility index (Phi) is 15.0. The number of carbonyl (C=O) groups excluding carboxylic acids is 1. The van der Waals surface area contributed by atoms with E-state index >= 15 is 0 Å². The van der Waals surface area contributed by atoms with Gasteiger partial charge in [-0.1, -0.05) is 63.3 Å². The molecule has 134 valence electrons. The number of carbonyl (C=O) groups is 1.